The molecule has 4 aromatic rings. The lowest BCUT2D eigenvalue weighted by molar-refractivity contribution is -0.671. The summed E-state index contributed by atoms with van der Waals surface area (Å²) >= 11 is 0. The first-order valence-electron chi connectivity index (χ1n) is 11.1. The summed E-state index contributed by atoms with van der Waals surface area (Å²) in [5.74, 6) is 0.402. The molecule has 2 heterocycles. The highest BCUT2D eigenvalue weighted by molar-refractivity contribution is 5.84. The number of phenolic OH excluding ortho intramolecular Hbond substituents is 2. The van der Waals surface area contributed by atoms with Crippen molar-refractivity contribution in [3.8, 4) is 11.5 Å². The number of hydrogen-bond donors (Lipinski definition) is 2. The maximum atomic E-state index is 10.2. The van der Waals surface area contributed by atoms with Crippen LogP contribution in [0.5, 0.6) is 11.5 Å². The second-order valence-electron chi connectivity index (χ2n) is 8.36. The molecule has 34 heavy (non-hydrogen) atoms. The first kappa shape index (κ1) is 23.0. The van der Waals surface area contributed by atoms with E-state index in [-0.39, 0.29) is 11.5 Å². The zero-order valence-corrected chi connectivity index (χ0v) is 19.5. The number of imidazole rings is 2. The lowest BCUT2D eigenvalue weighted by atomic mass is 10.1. The zero-order valence-electron chi connectivity index (χ0n) is 19.5. The van der Waals surface area contributed by atoms with Crippen LogP contribution in [0.3, 0.4) is 0 Å². The average molecular weight is 459 g/mol. The van der Waals surface area contributed by atoms with Crippen molar-refractivity contribution in [2.45, 2.75) is 13.1 Å². The topological polar surface area (TPSA) is 82.8 Å². The van der Waals surface area contributed by atoms with Gasteiger partial charge in [0.05, 0.1) is 27.2 Å². The van der Waals surface area contributed by atoms with Crippen molar-refractivity contribution in [3.63, 3.8) is 0 Å². The lowest BCUT2D eigenvalue weighted by Gasteiger charge is -2.03. The van der Waals surface area contributed by atoms with Gasteiger partial charge in [-0.05, 0) is 35.4 Å². The molecule has 0 unspecified atom stereocenters. The quantitative estimate of drug-likeness (QED) is 0.228. The number of phenols is 2. The van der Waals surface area contributed by atoms with Crippen LogP contribution in [0, 0.1) is 0 Å². The van der Waals surface area contributed by atoms with E-state index in [0.29, 0.717) is 24.2 Å². The Morgan fingerprint density at radius 1 is 0.735 bits per heavy atom. The molecule has 0 radical (unpaired) electrons. The molecule has 2 N–H and O–H groups in total. The predicted octanol–water partition coefficient (Wildman–Crippen LogP) is 1.98. The van der Waals surface area contributed by atoms with Crippen molar-refractivity contribution in [1.82, 2.24) is 9.13 Å². The lowest BCUT2D eigenvalue weighted by Crippen LogP contribution is -2.23. The molecule has 0 aliphatic heterocycles. The van der Waals surface area contributed by atoms with Crippen molar-refractivity contribution in [3.05, 3.63) is 96.1 Å². The molecular weight excluding hydrogens is 428 g/mol. The molecule has 0 spiro atoms. The van der Waals surface area contributed by atoms with E-state index in [1.807, 2.05) is 84.9 Å². The van der Waals surface area contributed by atoms with Crippen LogP contribution in [-0.4, -0.2) is 44.9 Å². The minimum Gasteiger partial charge on any atom is -0.507 e. The minimum absolute atomic E-state index is 0.201. The zero-order chi connectivity index (χ0) is 23.9. The summed E-state index contributed by atoms with van der Waals surface area (Å²) in [6.07, 6.45) is 15.4. The SMILES string of the molecule is C[n+]1ccn(Cc2ccc(O)c(C=NCCN=Cc3cc(Cn4cc[n+](C)c4)ccc3O)c2)c1. The van der Waals surface area contributed by atoms with Gasteiger partial charge in [-0.25, -0.2) is 18.3 Å². The Bertz CT molecular complexity index is 1220. The smallest absolute Gasteiger partial charge is 0.243 e. The summed E-state index contributed by atoms with van der Waals surface area (Å²) in [5.41, 5.74) is 3.53. The van der Waals surface area contributed by atoms with E-state index >= 15 is 0 Å². The van der Waals surface area contributed by atoms with Crippen LogP contribution in [0.4, 0.5) is 0 Å². The van der Waals surface area contributed by atoms with Crippen molar-refractivity contribution < 1.29 is 19.3 Å². The van der Waals surface area contributed by atoms with Crippen LogP contribution in [-0.2, 0) is 27.2 Å². The maximum Gasteiger partial charge on any atom is 0.243 e. The first-order chi connectivity index (χ1) is 16.5. The number of aromatic nitrogens is 4. The molecule has 0 saturated carbocycles. The third-order valence-corrected chi connectivity index (χ3v) is 5.38. The molecule has 0 atom stereocenters. The van der Waals surface area contributed by atoms with E-state index in [9.17, 15) is 10.2 Å². The first-order valence-corrected chi connectivity index (χ1v) is 11.1. The number of rotatable bonds is 9. The van der Waals surface area contributed by atoms with Crippen LogP contribution in [0.25, 0.3) is 0 Å². The van der Waals surface area contributed by atoms with E-state index in [1.165, 1.54) is 0 Å². The van der Waals surface area contributed by atoms with Gasteiger partial charge in [0.2, 0.25) is 12.7 Å². The second kappa shape index (κ2) is 10.6. The van der Waals surface area contributed by atoms with E-state index < -0.39 is 0 Å². The molecule has 8 nitrogen and oxygen atoms in total. The highest BCUT2D eigenvalue weighted by atomic mass is 16.3. The Labute approximate surface area is 199 Å². The Hall–Kier alpha value is -4.20. The molecule has 174 valence electrons. The number of aliphatic imine (C=N–C) groups is 2. The molecule has 2 aromatic heterocycles. The van der Waals surface area contributed by atoms with Gasteiger partial charge in [-0.1, -0.05) is 12.1 Å². The van der Waals surface area contributed by atoms with Crippen LogP contribution in [0.15, 0.2) is 83.8 Å². The van der Waals surface area contributed by atoms with E-state index in [4.69, 9.17) is 0 Å². The van der Waals surface area contributed by atoms with Gasteiger partial charge in [0.15, 0.2) is 0 Å². The third-order valence-electron chi connectivity index (χ3n) is 5.38. The Kier molecular flexibility index (Phi) is 7.17. The van der Waals surface area contributed by atoms with E-state index in [2.05, 4.69) is 19.1 Å². The Balaban J connectivity index is 1.32. The largest absolute Gasteiger partial charge is 0.507 e. The number of aromatic hydroxyl groups is 2. The van der Waals surface area contributed by atoms with E-state index in [1.54, 1.807) is 24.6 Å². The van der Waals surface area contributed by atoms with Gasteiger partial charge >= 0.3 is 0 Å². The third kappa shape index (κ3) is 6.19. The number of nitrogens with zero attached hydrogens (tertiary/aromatic N) is 6. The molecular formula is C26H30N6O2+2. The van der Waals surface area contributed by atoms with Crippen LogP contribution in [0.2, 0.25) is 0 Å². The van der Waals surface area contributed by atoms with Crippen molar-refractivity contribution >= 4 is 12.4 Å². The van der Waals surface area contributed by atoms with E-state index in [0.717, 1.165) is 24.2 Å². The summed E-state index contributed by atoms with van der Waals surface area (Å²) in [4.78, 5) is 8.81. The standard InChI is InChI=1S/C26H28N6O2/c1-29-9-11-31(19-29)17-21-3-5-25(33)23(13-21)15-27-7-8-28-16-24-14-22(4-6-26(24)34)18-32-12-10-30(2)20-32/h3-6,9-16,19-20H,7-8,17-18H2,1-2H3/p+2. The molecule has 0 aliphatic carbocycles. The molecule has 0 amide bonds. The molecule has 0 aliphatic rings. The minimum atomic E-state index is 0.201. The van der Waals surface area contributed by atoms with Gasteiger partial charge < -0.3 is 10.2 Å². The second-order valence-corrected chi connectivity index (χ2v) is 8.36. The van der Waals surface area contributed by atoms with Gasteiger partial charge in [-0.2, -0.15) is 0 Å². The van der Waals surface area contributed by atoms with Crippen LogP contribution < -0.4 is 9.13 Å². The predicted molar refractivity (Wildman–Crippen MR) is 131 cm³/mol. The number of benzene rings is 2. The average Bonchev–Trinajstić information content (AvgIpc) is 3.41. The van der Waals surface area contributed by atoms with Gasteiger partial charge in [-0.3, -0.25) is 9.98 Å². The monoisotopic (exact) mass is 458 g/mol. The van der Waals surface area contributed by atoms with Gasteiger partial charge in [-0.15, -0.1) is 0 Å². The number of hydrogen-bond acceptors (Lipinski definition) is 4. The molecule has 4 rings (SSSR count). The maximum absolute atomic E-state index is 10.2. The Morgan fingerprint density at radius 2 is 1.18 bits per heavy atom. The Morgan fingerprint density at radius 3 is 1.56 bits per heavy atom. The van der Waals surface area contributed by atoms with Gasteiger partial charge in [0.25, 0.3) is 0 Å². The molecule has 0 saturated heterocycles. The fourth-order valence-corrected chi connectivity index (χ4v) is 3.66. The number of aryl methyl sites for hydroxylation is 2. The molecule has 8 heteroatoms. The van der Waals surface area contributed by atoms with Gasteiger partial charge in [0, 0.05) is 23.6 Å². The summed E-state index contributed by atoms with van der Waals surface area (Å²) < 4.78 is 8.12. The van der Waals surface area contributed by atoms with Crippen LogP contribution >= 0.6 is 0 Å². The van der Waals surface area contributed by atoms with Crippen molar-refractivity contribution in [2.75, 3.05) is 13.1 Å². The van der Waals surface area contributed by atoms with Crippen molar-refractivity contribution in [1.29, 1.82) is 0 Å². The fraction of sp³-hybridized carbons (Fsp3) is 0.231. The summed E-state index contributed by atoms with van der Waals surface area (Å²) in [6.45, 7) is 2.40. The van der Waals surface area contributed by atoms with Crippen molar-refractivity contribution in [2.24, 2.45) is 24.1 Å². The molecule has 0 bridgehead atoms. The summed E-state index contributed by atoms with van der Waals surface area (Å²) in [5, 5.41) is 20.3. The van der Waals surface area contributed by atoms with Gasteiger partial charge in [0.1, 0.15) is 49.4 Å². The molecule has 2 aromatic carbocycles. The van der Waals surface area contributed by atoms with Crippen LogP contribution in [0.1, 0.15) is 22.3 Å². The highest BCUT2D eigenvalue weighted by Crippen LogP contribution is 2.18. The summed E-state index contributed by atoms with van der Waals surface area (Å²) in [6, 6.07) is 11.1. The highest BCUT2D eigenvalue weighted by Gasteiger charge is 2.06. The summed E-state index contributed by atoms with van der Waals surface area (Å²) in [7, 11) is 3.96. The fourth-order valence-electron chi connectivity index (χ4n) is 3.66. The molecule has 0 fully saturated rings. The normalized spacial score (nSPS) is 11.7.